The predicted octanol–water partition coefficient (Wildman–Crippen LogP) is 4.31. The molecule has 0 spiro atoms. The molecule has 36 heavy (non-hydrogen) atoms. The Labute approximate surface area is 212 Å². The summed E-state index contributed by atoms with van der Waals surface area (Å²) in [6.07, 6.45) is 2.07. The van der Waals surface area contributed by atoms with E-state index in [2.05, 4.69) is 15.2 Å². The van der Waals surface area contributed by atoms with E-state index in [1.165, 1.54) is 18.2 Å². The van der Waals surface area contributed by atoms with Gasteiger partial charge in [0.2, 0.25) is 0 Å². The molecule has 1 atom stereocenters. The normalized spacial score (nSPS) is 16.5. The lowest BCUT2D eigenvalue weighted by atomic mass is 9.85. The molecule has 1 fully saturated rings. The zero-order valence-corrected chi connectivity index (χ0v) is 20.7. The van der Waals surface area contributed by atoms with E-state index in [0.29, 0.717) is 13.1 Å². The fraction of sp³-hybridized carbons (Fsp3) is 0.500. The Hall–Kier alpha value is -3.23. The van der Waals surface area contributed by atoms with Gasteiger partial charge in [0.25, 0.3) is 5.91 Å². The molecule has 2 aromatic rings. The maximum absolute atomic E-state index is 13.8. The number of hydrogen-bond acceptors (Lipinski definition) is 6. The first-order valence-corrected chi connectivity index (χ1v) is 11.9. The second kappa shape index (κ2) is 11.7. The van der Waals surface area contributed by atoms with E-state index in [9.17, 15) is 23.5 Å². The number of rotatable bonds is 10. The van der Waals surface area contributed by atoms with Gasteiger partial charge in [-0.05, 0) is 37.0 Å². The minimum atomic E-state index is -3.11. The highest BCUT2D eigenvalue weighted by Crippen LogP contribution is 2.37. The molecule has 1 aromatic heterocycles. The lowest BCUT2D eigenvalue weighted by molar-refractivity contribution is -0.142. The van der Waals surface area contributed by atoms with Crippen molar-refractivity contribution in [2.75, 3.05) is 25.0 Å². The molecule has 194 valence electrons. The number of nitriles is 1. The summed E-state index contributed by atoms with van der Waals surface area (Å²) in [5.74, 6) is -2.55. The van der Waals surface area contributed by atoms with Crippen molar-refractivity contribution in [3.05, 3.63) is 41.2 Å². The van der Waals surface area contributed by atoms with Crippen LogP contribution in [-0.2, 0) is 15.1 Å². The standard InChI is InChI=1S/C24H28ClF2N5O4/c1-15(2)19-6-10-29-32(19)24(7-11-31(12-8-24)14-16(5-9-28)21(33)34)22(35)30-18-4-3-17(25)13-20(18)36-23(26)27/h3-4,6,10,13,15-16,23H,5,7-8,11-12,14H2,1-2H3,(H,30,35)(H,33,34)/t16-/m0/s1. The number of alkyl halides is 2. The lowest BCUT2D eigenvalue weighted by Crippen LogP contribution is -2.55. The van der Waals surface area contributed by atoms with E-state index >= 15 is 0 Å². The summed E-state index contributed by atoms with van der Waals surface area (Å²) in [7, 11) is 0. The number of hydrogen-bond donors (Lipinski definition) is 2. The molecule has 2 N–H and O–H groups in total. The highest BCUT2D eigenvalue weighted by Gasteiger charge is 2.46. The van der Waals surface area contributed by atoms with Crippen LogP contribution >= 0.6 is 11.6 Å². The van der Waals surface area contributed by atoms with Gasteiger partial charge in [0.15, 0.2) is 5.75 Å². The van der Waals surface area contributed by atoms with Crippen LogP contribution in [0.3, 0.4) is 0 Å². The third-order valence-corrected chi connectivity index (χ3v) is 6.58. The predicted molar refractivity (Wildman–Crippen MR) is 128 cm³/mol. The first kappa shape index (κ1) is 27.4. The van der Waals surface area contributed by atoms with E-state index in [-0.39, 0.29) is 48.2 Å². The molecule has 0 aliphatic carbocycles. The van der Waals surface area contributed by atoms with Crippen LogP contribution < -0.4 is 10.1 Å². The van der Waals surface area contributed by atoms with Crippen molar-refractivity contribution in [1.82, 2.24) is 14.7 Å². The third kappa shape index (κ3) is 6.12. The van der Waals surface area contributed by atoms with Gasteiger partial charge in [-0.3, -0.25) is 14.3 Å². The van der Waals surface area contributed by atoms with Crippen molar-refractivity contribution in [3.8, 4) is 11.8 Å². The number of nitrogens with one attached hydrogen (secondary N) is 1. The summed E-state index contributed by atoms with van der Waals surface area (Å²) in [6.45, 7) is 1.77. The molecule has 1 saturated heterocycles. The molecule has 0 radical (unpaired) electrons. The molecule has 2 heterocycles. The number of carbonyl (C=O) groups excluding carboxylic acids is 1. The topological polar surface area (TPSA) is 120 Å². The summed E-state index contributed by atoms with van der Waals surface area (Å²) in [5, 5.41) is 25.7. The van der Waals surface area contributed by atoms with Crippen LogP contribution in [0.1, 0.15) is 44.7 Å². The van der Waals surface area contributed by atoms with E-state index in [1.807, 2.05) is 30.9 Å². The molecular formula is C24H28ClF2N5O4. The second-order valence-electron chi connectivity index (χ2n) is 9.03. The van der Waals surface area contributed by atoms with Gasteiger partial charge in [-0.2, -0.15) is 19.1 Å². The largest absolute Gasteiger partial charge is 0.481 e. The van der Waals surface area contributed by atoms with E-state index in [0.717, 1.165) is 5.69 Å². The van der Waals surface area contributed by atoms with Gasteiger partial charge in [0.05, 0.1) is 17.7 Å². The van der Waals surface area contributed by atoms with E-state index in [1.54, 1.807) is 10.9 Å². The molecule has 3 rings (SSSR count). The number of aliphatic carboxylic acids is 1. The number of nitrogens with zero attached hydrogens (tertiary/aromatic N) is 4. The smallest absolute Gasteiger partial charge is 0.387 e. The number of ether oxygens (including phenoxy) is 1. The number of benzene rings is 1. The number of likely N-dealkylation sites (tertiary alicyclic amines) is 1. The highest BCUT2D eigenvalue weighted by atomic mass is 35.5. The Morgan fingerprint density at radius 2 is 2.00 bits per heavy atom. The zero-order chi connectivity index (χ0) is 26.5. The molecular weight excluding hydrogens is 496 g/mol. The number of halogens is 3. The Morgan fingerprint density at radius 3 is 2.58 bits per heavy atom. The van der Waals surface area contributed by atoms with Crippen molar-refractivity contribution < 1.29 is 28.2 Å². The van der Waals surface area contributed by atoms with Crippen molar-refractivity contribution in [3.63, 3.8) is 0 Å². The van der Waals surface area contributed by atoms with Crippen LogP contribution in [0.2, 0.25) is 5.02 Å². The Bertz CT molecular complexity index is 1130. The van der Waals surface area contributed by atoms with Gasteiger partial charge in [-0.15, -0.1) is 0 Å². The molecule has 1 aliphatic rings. The monoisotopic (exact) mass is 523 g/mol. The highest BCUT2D eigenvalue weighted by molar-refractivity contribution is 6.30. The molecule has 0 bridgehead atoms. The summed E-state index contributed by atoms with van der Waals surface area (Å²) in [6, 6.07) is 7.79. The zero-order valence-electron chi connectivity index (χ0n) is 20.0. The molecule has 1 amide bonds. The lowest BCUT2D eigenvalue weighted by Gasteiger charge is -2.42. The van der Waals surface area contributed by atoms with Crippen LogP contribution in [0.4, 0.5) is 14.5 Å². The van der Waals surface area contributed by atoms with Crippen molar-refractivity contribution >= 4 is 29.2 Å². The maximum Gasteiger partial charge on any atom is 0.387 e. The Morgan fingerprint density at radius 1 is 1.31 bits per heavy atom. The molecule has 12 heteroatoms. The molecule has 0 unspecified atom stereocenters. The fourth-order valence-corrected chi connectivity index (χ4v) is 4.59. The minimum absolute atomic E-state index is 0.0460. The van der Waals surface area contributed by atoms with Crippen LogP contribution in [0.15, 0.2) is 30.5 Å². The Balaban J connectivity index is 1.91. The summed E-state index contributed by atoms with van der Waals surface area (Å²) < 4.78 is 32.2. The number of carbonyl (C=O) groups is 2. The molecule has 0 saturated carbocycles. The first-order chi connectivity index (χ1) is 17.1. The van der Waals surface area contributed by atoms with Gasteiger partial charge in [0.1, 0.15) is 5.54 Å². The van der Waals surface area contributed by atoms with E-state index in [4.69, 9.17) is 16.9 Å². The molecule has 1 aromatic carbocycles. The second-order valence-corrected chi connectivity index (χ2v) is 9.46. The number of anilines is 1. The Kier molecular flexibility index (Phi) is 8.87. The number of amides is 1. The SMILES string of the molecule is CC(C)c1ccnn1C1(C(=O)Nc2ccc(Cl)cc2OC(F)F)CCN(C[C@H](CC#N)C(=O)O)CC1. The summed E-state index contributed by atoms with van der Waals surface area (Å²) in [5.41, 5.74) is -0.286. The van der Waals surface area contributed by atoms with Crippen LogP contribution in [0.5, 0.6) is 5.75 Å². The van der Waals surface area contributed by atoms with Crippen molar-refractivity contribution in [2.24, 2.45) is 5.92 Å². The maximum atomic E-state index is 13.8. The van der Waals surface area contributed by atoms with Crippen molar-refractivity contribution in [2.45, 2.75) is 51.2 Å². The quantitative estimate of drug-likeness (QED) is 0.476. The van der Waals surface area contributed by atoms with Crippen LogP contribution in [-0.4, -0.2) is 57.9 Å². The van der Waals surface area contributed by atoms with Crippen LogP contribution in [0.25, 0.3) is 0 Å². The average Bonchev–Trinajstić information content (AvgIpc) is 3.31. The fourth-order valence-electron chi connectivity index (χ4n) is 4.43. The number of carboxylic acid groups (broad SMARTS) is 1. The van der Waals surface area contributed by atoms with E-state index < -0.39 is 29.9 Å². The number of piperidine rings is 1. The molecule has 9 nitrogen and oxygen atoms in total. The molecule has 1 aliphatic heterocycles. The van der Waals surface area contributed by atoms with Gasteiger partial charge in [-0.25, -0.2) is 0 Å². The van der Waals surface area contributed by atoms with Crippen molar-refractivity contribution in [1.29, 1.82) is 5.26 Å². The third-order valence-electron chi connectivity index (χ3n) is 6.35. The minimum Gasteiger partial charge on any atom is -0.481 e. The van der Waals surface area contributed by atoms with Gasteiger partial charge in [-0.1, -0.05) is 25.4 Å². The number of aromatic nitrogens is 2. The summed E-state index contributed by atoms with van der Waals surface area (Å²) in [4.78, 5) is 27.2. The van der Waals surface area contributed by atoms with Gasteiger partial charge in [0, 0.05) is 49.0 Å². The van der Waals surface area contributed by atoms with Gasteiger partial charge >= 0.3 is 12.6 Å². The van der Waals surface area contributed by atoms with Gasteiger partial charge < -0.3 is 20.1 Å². The first-order valence-electron chi connectivity index (χ1n) is 11.5. The number of carboxylic acids is 1. The average molecular weight is 524 g/mol. The van der Waals surface area contributed by atoms with Crippen LogP contribution in [0, 0.1) is 17.2 Å². The summed E-state index contributed by atoms with van der Waals surface area (Å²) >= 11 is 5.93.